The van der Waals surface area contributed by atoms with E-state index in [0.29, 0.717) is 17.8 Å². The maximum absolute atomic E-state index is 9.60. The summed E-state index contributed by atoms with van der Waals surface area (Å²) in [7, 11) is 0. The molecule has 0 aromatic carbocycles. The van der Waals surface area contributed by atoms with Crippen LogP contribution in [0.3, 0.4) is 0 Å². The molecule has 14 heavy (non-hydrogen) atoms. The number of hydroxylamine groups is 2. The highest BCUT2D eigenvalue weighted by atomic mass is 16.5. The Bertz CT molecular complexity index is 173. The predicted molar refractivity (Wildman–Crippen MR) is 55.8 cm³/mol. The van der Waals surface area contributed by atoms with Gasteiger partial charge in [0.15, 0.2) is 0 Å². The van der Waals surface area contributed by atoms with Crippen LogP contribution in [0.1, 0.15) is 40.0 Å². The Morgan fingerprint density at radius 1 is 1.36 bits per heavy atom. The van der Waals surface area contributed by atoms with Gasteiger partial charge in [-0.15, -0.1) is 0 Å². The van der Waals surface area contributed by atoms with Crippen LogP contribution >= 0.6 is 0 Å². The Morgan fingerprint density at radius 3 is 2.50 bits per heavy atom. The van der Waals surface area contributed by atoms with Crippen LogP contribution in [0.25, 0.3) is 0 Å². The molecule has 1 aliphatic rings. The Labute approximate surface area is 86.7 Å². The molecule has 1 fully saturated rings. The lowest BCUT2D eigenvalue weighted by Crippen LogP contribution is -2.44. The van der Waals surface area contributed by atoms with Gasteiger partial charge in [0.25, 0.3) is 0 Å². The van der Waals surface area contributed by atoms with Gasteiger partial charge in [-0.3, -0.25) is 0 Å². The number of rotatable bonds is 3. The van der Waals surface area contributed by atoms with E-state index >= 15 is 0 Å². The quantitative estimate of drug-likeness (QED) is 0.543. The average Bonchev–Trinajstić information content (AvgIpc) is 2.16. The summed E-state index contributed by atoms with van der Waals surface area (Å²) in [6.07, 6.45) is 3.42. The van der Waals surface area contributed by atoms with E-state index in [1.807, 2.05) is 0 Å². The van der Waals surface area contributed by atoms with Gasteiger partial charge >= 0.3 is 0 Å². The first kappa shape index (κ1) is 12.0. The fourth-order valence-electron chi connectivity index (χ4n) is 2.60. The molecule has 0 aromatic rings. The zero-order valence-corrected chi connectivity index (χ0v) is 9.48. The highest BCUT2D eigenvalue weighted by Crippen LogP contribution is 2.35. The molecular formula is C11H23NO2. The summed E-state index contributed by atoms with van der Waals surface area (Å²) < 4.78 is 0. The van der Waals surface area contributed by atoms with Crippen molar-refractivity contribution in [2.24, 2.45) is 17.8 Å². The number of nitrogens with zero attached hydrogens (tertiary/aromatic N) is 1. The molecule has 0 heterocycles. The smallest absolute Gasteiger partial charge is 0.119 e. The molecule has 0 aromatic heterocycles. The summed E-state index contributed by atoms with van der Waals surface area (Å²) in [4.78, 5) is 0. The molecular weight excluding hydrogens is 178 g/mol. The summed E-state index contributed by atoms with van der Waals surface area (Å²) in [5.41, 5.74) is 0. The minimum absolute atomic E-state index is 0.142. The van der Waals surface area contributed by atoms with Gasteiger partial charge in [0.05, 0.1) is 0 Å². The van der Waals surface area contributed by atoms with Crippen molar-refractivity contribution in [2.45, 2.75) is 46.1 Å². The summed E-state index contributed by atoms with van der Waals surface area (Å²) in [6.45, 7) is 6.35. The first-order valence-corrected chi connectivity index (χ1v) is 5.62. The molecule has 2 N–H and O–H groups in total. The average molecular weight is 201 g/mol. The second kappa shape index (κ2) is 5.10. The normalized spacial score (nSPS) is 34.1. The molecule has 3 nitrogen and oxygen atoms in total. The highest BCUT2D eigenvalue weighted by molar-refractivity contribution is 4.84. The molecule has 0 spiro atoms. The summed E-state index contributed by atoms with van der Waals surface area (Å²) in [6, 6.07) is 0.142. The van der Waals surface area contributed by atoms with E-state index in [-0.39, 0.29) is 12.8 Å². The van der Waals surface area contributed by atoms with Crippen molar-refractivity contribution in [3.05, 3.63) is 0 Å². The van der Waals surface area contributed by atoms with Gasteiger partial charge in [-0.2, -0.15) is 5.06 Å². The van der Waals surface area contributed by atoms with Gasteiger partial charge < -0.3 is 10.3 Å². The van der Waals surface area contributed by atoms with Crippen LogP contribution < -0.4 is 0 Å². The van der Waals surface area contributed by atoms with Gasteiger partial charge in [-0.05, 0) is 30.6 Å². The summed E-state index contributed by atoms with van der Waals surface area (Å²) in [5, 5.41) is 19.7. The Hall–Kier alpha value is -0.120. The van der Waals surface area contributed by atoms with E-state index in [2.05, 4.69) is 20.8 Å². The number of aliphatic hydroxyl groups is 1. The molecule has 84 valence electrons. The van der Waals surface area contributed by atoms with Crippen LogP contribution in [-0.4, -0.2) is 28.1 Å². The first-order valence-electron chi connectivity index (χ1n) is 5.62. The molecule has 1 aliphatic carbocycles. The molecule has 3 heteroatoms. The minimum Gasteiger partial charge on any atom is -0.379 e. The second-order valence-corrected chi connectivity index (χ2v) is 4.97. The fraction of sp³-hybridized carbons (Fsp3) is 1.00. The van der Waals surface area contributed by atoms with Crippen LogP contribution in [-0.2, 0) is 0 Å². The van der Waals surface area contributed by atoms with E-state index in [1.54, 1.807) is 0 Å². The van der Waals surface area contributed by atoms with E-state index in [1.165, 1.54) is 12.8 Å². The van der Waals surface area contributed by atoms with Crippen LogP contribution in [0.4, 0.5) is 0 Å². The number of aliphatic hydroxyl groups excluding tert-OH is 1. The maximum Gasteiger partial charge on any atom is 0.119 e. The van der Waals surface area contributed by atoms with E-state index in [4.69, 9.17) is 5.11 Å². The summed E-state index contributed by atoms with van der Waals surface area (Å²) >= 11 is 0. The molecule has 3 unspecified atom stereocenters. The fourth-order valence-corrected chi connectivity index (χ4v) is 2.60. The molecule has 0 bridgehead atoms. The van der Waals surface area contributed by atoms with Gasteiger partial charge in [0.2, 0.25) is 0 Å². The standard InChI is InChI=1S/C11H23NO2/c1-8(2)10-5-4-9(3)6-11(10)12(14)7-13/h8-11,13-14H,4-7H2,1-3H3. The van der Waals surface area contributed by atoms with Gasteiger partial charge in [0.1, 0.15) is 6.73 Å². The summed E-state index contributed by atoms with van der Waals surface area (Å²) in [5.74, 6) is 1.76. The SMILES string of the molecule is CC1CCC(C(C)C)C(N(O)CO)C1. The van der Waals surface area contributed by atoms with Gasteiger partial charge in [-0.25, -0.2) is 0 Å². The third-order valence-corrected chi connectivity index (χ3v) is 3.51. The van der Waals surface area contributed by atoms with Crippen LogP contribution in [0.5, 0.6) is 0 Å². The zero-order chi connectivity index (χ0) is 10.7. The number of hydrogen-bond donors (Lipinski definition) is 2. The molecule has 1 rings (SSSR count). The predicted octanol–water partition coefficient (Wildman–Crippen LogP) is 2.09. The lowest BCUT2D eigenvalue weighted by Gasteiger charge is -2.40. The van der Waals surface area contributed by atoms with Crippen molar-refractivity contribution < 1.29 is 10.3 Å². The monoisotopic (exact) mass is 201 g/mol. The third kappa shape index (κ3) is 2.69. The molecule has 1 saturated carbocycles. The van der Waals surface area contributed by atoms with Gasteiger partial charge in [-0.1, -0.05) is 27.2 Å². The topological polar surface area (TPSA) is 43.7 Å². The van der Waals surface area contributed by atoms with Crippen molar-refractivity contribution in [1.29, 1.82) is 0 Å². The first-order chi connectivity index (χ1) is 6.56. The molecule has 3 atom stereocenters. The van der Waals surface area contributed by atoms with Crippen molar-refractivity contribution in [2.75, 3.05) is 6.73 Å². The van der Waals surface area contributed by atoms with Crippen molar-refractivity contribution >= 4 is 0 Å². The van der Waals surface area contributed by atoms with Crippen molar-refractivity contribution in [1.82, 2.24) is 5.06 Å². The van der Waals surface area contributed by atoms with Crippen LogP contribution in [0, 0.1) is 17.8 Å². The second-order valence-electron chi connectivity index (χ2n) is 4.97. The molecule has 0 aliphatic heterocycles. The Morgan fingerprint density at radius 2 is 2.00 bits per heavy atom. The maximum atomic E-state index is 9.60. The van der Waals surface area contributed by atoms with Crippen LogP contribution in [0.15, 0.2) is 0 Å². The largest absolute Gasteiger partial charge is 0.379 e. The molecule has 0 amide bonds. The minimum atomic E-state index is -0.249. The molecule has 0 saturated heterocycles. The zero-order valence-electron chi connectivity index (χ0n) is 9.48. The third-order valence-electron chi connectivity index (χ3n) is 3.51. The van der Waals surface area contributed by atoms with Crippen molar-refractivity contribution in [3.63, 3.8) is 0 Å². The van der Waals surface area contributed by atoms with Crippen molar-refractivity contribution in [3.8, 4) is 0 Å². The highest BCUT2D eigenvalue weighted by Gasteiger charge is 2.33. The molecule has 0 radical (unpaired) electrons. The van der Waals surface area contributed by atoms with Gasteiger partial charge in [0, 0.05) is 6.04 Å². The van der Waals surface area contributed by atoms with Crippen LogP contribution in [0.2, 0.25) is 0 Å². The Balaban J connectivity index is 2.63. The lowest BCUT2D eigenvalue weighted by atomic mass is 9.74. The Kier molecular flexibility index (Phi) is 4.35. The van der Waals surface area contributed by atoms with E-state index < -0.39 is 0 Å². The van der Waals surface area contributed by atoms with E-state index in [9.17, 15) is 5.21 Å². The van der Waals surface area contributed by atoms with E-state index in [0.717, 1.165) is 11.5 Å². The number of hydrogen-bond acceptors (Lipinski definition) is 3. The lowest BCUT2D eigenvalue weighted by molar-refractivity contribution is -0.197.